The molecular formula is C15H20N4. The van der Waals surface area contributed by atoms with E-state index in [1.165, 1.54) is 11.1 Å². The quantitative estimate of drug-likeness (QED) is 0.858. The van der Waals surface area contributed by atoms with Crippen LogP contribution in [-0.2, 0) is 12.6 Å². The Morgan fingerprint density at radius 3 is 2.74 bits per heavy atom. The largest absolute Gasteiger partial charge is 0.321 e. The summed E-state index contributed by atoms with van der Waals surface area (Å²) in [6.07, 6.45) is 5.91. The Morgan fingerprint density at radius 1 is 1.26 bits per heavy atom. The van der Waals surface area contributed by atoms with Crippen LogP contribution < -0.4 is 11.1 Å². The van der Waals surface area contributed by atoms with Gasteiger partial charge < -0.3 is 11.1 Å². The van der Waals surface area contributed by atoms with Gasteiger partial charge >= 0.3 is 0 Å². The first kappa shape index (κ1) is 12.4. The minimum absolute atomic E-state index is 0.191. The molecule has 2 aromatic rings. The third-order valence-electron chi connectivity index (χ3n) is 3.97. The highest BCUT2D eigenvalue weighted by Gasteiger charge is 2.29. The minimum atomic E-state index is -0.191. The number of benzene rings is 1. The number of nitrogens with one attached hydrogen (secondary N) is 1. The molecule has 100 valence electrons. The van der Waals surface area contributed by atoms with Gasteiger partial charge in [-0.25, -0.2) is 0 Å². The molecule has 4 heteroatoms. The fourth-order valence-electron chi connectivity index (χ4n) is 2.74. The summed E-state index contributed by atoms with van der Waals surface area (Å²) in [5, 5.41) is 7.59. The first-order chi connectivity index (χ1) is 9.17. The van der Waals surface area contributed by atoms with E-state index >= 15 is 0 Å². The molecule has 0 amide bonds. The van der Waals surface area contributed by atoms with Gasteiger partial charge in [0.1, 0.15) is 0 Å². The van der Waals surface area contributed by atoms with Gasteiger partial charge in [0.25, 0.3) is 0 Å². The van der Waals surface area contributed by atoms with Crippen molar-refractivity contribution < 1.29 is 0 Å². The summed E-state index contributed by atoms with van der Waals surface area (Å²) in [5.41, 5.74) is 9.94. The van der Waals surface area contributed by atoms with Crippen LogP contribution in [0.4, 0.5) is 0 Å². The van der Waals surface area contributed by atoms with Crippen LogP contribution in [0.2, 0.25) is 0 Å². The Kier molecular flexibility index (Phi) is 3.12. The number of aryl methyl sites for hydroxylation is 1. The van der Waals surface area contributed by atoms with Crippen molar-refractivity contribution in [1.82, 2.24) is 15.1 Å². The number of nitrogens with two attached hydrogens (primary N) is 1. The summed E-state index contributed by atoms with van der Waals surface area (Å²) >= 11 is 0. The van der Waals surface area contributed by atoms with Crippen LogP contribution in [0.25, 0.3) is 11.1 Å². The number of piperidine rings is 1. The van der Waals surface area contributed by atoms with E-state index in [1.54, 1.807) is 0 Å². The van der Waals surface area contributed by atoms with Gasteiger partial charge in [-0.05, 0) is 43.1 Å². The molecule has 1 aromatic heterocycles. The standard InChI is InChI=1S/C15H20N4/c1-19-11-13(10-18-19)12-3-2-4-14(9-12)15(16)5-7-17-8-6-15/h2-4,9-11,17H,5-8,16H2,1H3. The molecule has 4 nitrogen and oxygen atoms in total. The van der Waals surface area contributed by atoms with Gasteiger partial charge in [-0.2, -0.15) is 5.10 Å². The number of aromatic nitrogens is 2. The monoisotopic (exact) mass is 256 g/mol. The van der Waals surface area contributed by atoms with E-state index in [0.29, 0.717) is 0 Å². The molecule has 3 rings (SSSR count). The summed E-state index contributed by atoms with van der Waals surface area (Å²) in [7, 11) is 1.94. The summed E-state index contributed by atoms with van der Waals surface area (Å²) in [4.78, 5) is 0. The van der Waals surface area contributed by atoms with Crippen LogP contribution >= 0.6 is 0 Å². The lowest BCUT2D eigenvalue weighted by Gasteiger charge is -2.34. The number of hydrogen-bond donors (Lipinski definition) is 2. The molecule has 0 bridgehead atoms. The van der Waals surface area contributed by atoms with Crippen molar-refractivity contribution in [3.63, 3.8) is 0 Å². The molecule has 0 saturated carbocycles. The highest BCUT2D eigenvalue weighted by atomic mass is 15.2. The predicted molar refractivity (Wildman–Crippen MR) is 76.6 cm³/mol. The first-order valence-electron chi connectivity index (χ1n) is 6.77. The van der Waals surface area contributed by atoms with Crippen molar-refractivity contribution in [3.05, 3.63) is 42.2 Å². The Hall–Kier alpha value is -1.65. The molecule has 2 heterocycles. The Bertz CT molecular complexity index is 567. The third-order valence-corrected chi connectivity index (χ3v) is 3.97. The van der Waals surface area contributed by atoms with Crippen molar-refractivity contribution >= 4 is 0 Å². The van der Waals surface area contributed by atoms with Gasteiger partial charge in [-0.1, -0.05) is 18.2 Å². The fourth-order valence-corrected chi connectivity index (χ4v) is 2.74. The van der Waals surface area contributed by atoms with Gasteiger partial charge in [-0.15, -0.1) is 0 Å². The molecule has 0 spiro atoms. The highest BCUT2D eigenvalue weighted by Crippen LogP contribution is 2.30. The zero-order valence-corrected chi connectivity index (χ0v) is 11.3. The lowest BCUT2D eigenvalue weighted by atomic mass is 9.81. The topological polar surface area (TPSA) is 55.9 Å². The van der Waals surface area contributed by atoms with Gasteiger partial charge in [0, 0.05) is 24.3 Å². The van der Waals surface area contributed by atoms with Crippen LogP contribution in [0.1, 0.15) is 18.4 Å². The van der Waals surface area contributed by atoms with Crippen LogP contribution in [0.3, 0.4) is 0 Å². The SMILES string of the molecule is Cn1cc(-c2cccc(C3(N)CCNCC3)c2)cn1. The normalized spacial score (nSPS) is 18.4. The number of nitrogens with zero attached hydrogens (tertiary/aromatic N) is 2. The molecule has 1 fully saturated rings. The van der Waals surface area contributed by atoms with E-state index in [4.69, 9.17) is 5.73 Å². The predicted octanol–water partition coefficient (Wildman–Crippen LogP) is 1.62. The maximum Gasteiger partial charge on any atom is 0.0568 e. The maximum absolute atomic E-state index is 6.57. The average Bonchev–Trinajstić information content (AvgIpc) is 2.87. The van der Waals surface area contributed by atoms with Crippen molar-refractivity contribution in [2.45, 2.75) is 18.4 Å². The molecule has 0 unspecified atom stereocenters. The lowest BCUT2D eigenvalue weighted by molar-refractivity contribution is 0.317. The second-order valence-electron chi connectivity index (χ2n) is 5.39. The zero-order valence-electron chi connectivity index (χ0n) is 11.3. The van der Waals surface area contributed by atoms with Crippen LogP contribution in [0.15, 0.2) is 36.7 Å². The van der Waals surface area contributed by atoms with E-state index in [1.807, 2.05) is 24.1 Å². The van der Waals surface area contributed by atoms with Crippen LogP contribution in [-0.4, -0.2) is 22.9 Å². The van der Waals surface area contributed by atoms with E-state index in [2.05, 4.69) is 34.7 Å². The van der Waals surface area contributed by atoms with Crippen molar-refractivity contribution in [3.8, 4) is 11.1 Å². The minimum Gasteiger partial charge on any atom is -0.321 e. The molecule has 1 aromatic carbocycles. The fraction of sp³-hybridized carbons (Fsp3) is 0.400. The summed E-state index contributed by atoms with van der Waals surface area (Å²) in [6.45, 7) is 1.99. The van der Waals surface area contributed by atoms with Gasteiger partial charge in [0.05, 0.1) is 6.20 Å². The lowest BCUT2D eigenvalue weighted by Crippen LogP contribution is -2.46. The number of rotatable bonds is 2. The van der Waals surface area contributed by atoms with Gasteiger partial charge in [-0.3, -0.25) is 4.68 Å². The molecule has 1 saturated heterocycles. The van der Waals surface area contributed by atoms with Gasteiger partial charge in [0.15, 0.2) is 0 Å². The molecule has 3 N–H and O–H groups in total. The molecule has 19 heavy (non-hydrogen) atoms. The Morgan fingerprint density at radius 2 is 2.05 bits per heavy atom. The molecule has 0 aliphatic carbocycles. The molecule has 1 aliphatic rings. The van der Waals surface area contributed by atoms with Gasteiger partial charge in [0.2, 0.25) is 0 Å². The molecule has 0 radical (unpaired) electrons. The third kappa shape index (κ3) is 2.41. The first-order valence-corrected chi connectivity index (χ1v) is 6.77. The number of hydrogen-bond acceptors (Lipinski definition) is 3. The highest BCUT2D eigenvalue weighted by molar-refractivity contribution is 5.63. The molecule has 0 atom stereocenters. The maximum atomic E-state index is 6.57. The van der Waals surface area contributed by atoms with Crippen molar-refractivity contribution in [2.75, 3.05) is 13.1 Å². The second kappa shape index (κ2) is 4.79. The van der Waals surface area contributed by atoms with Crippen molar-refractivity contribution in [1.29, 1.82) is 0 Å². The second-order valence-corrected chi connectivity index (χ2v) is 5.39. The Balaban J connectivity index is 1.95. The summed E-state index contributed by atoms with van der Waals surface area (Å²) in [5.74, 6) is 0. The van der Waals surface area contributed by atoms with E-state index in [9.17, 15) is 0 Å². The average molecular weight is 256 g/mol. The summed E-state index contributed by atoms with van der Waals surface area (Å²) in [6, 6.07) is 8.56. The smallest absolute Gasteiger partial charge is 0.0568 e. The van der Waals surface area contributed by atoms with E-state index < -0.39 is 0 Å². The summed E-state index contributed by atoms with van der Waals surface area (Å²) < 4.78 is 1.82. The molecular weight excluding hydrogens is 236 g/mol. The van der Waals surface area contributed by atoms with Crippen molar-refractivity contribution in [2.24, 2.45) is 12.8 Å². The van der Waals surface area contributed by atoms with E-state index in [-0.39, 0.29) is 5.54 Å². The van der Waals surface area contributed by atoms with Crippen LogP contribution in [0.5, 0.6) is 0 Å². The Labute approximate surface area is 113 Å². The molecule has 1 aliphatic heterocycles. The zero-order chi connectivity index (χ0) is 13.3. The van der Waals surface area contributed by atoms with E-state index in [0.717, 1.165) is 31.5 Å². The van der Waals surface area contributed by atoms with Crippen LogP contribution in [0, 0.1) is 0 Å².